The van der Waals surface area contributed by atoms with Crippen molar-refractivity contribution in [2.24, 2.45) is 0 Å². The number of hydrogen-bond acceptors (Lipinski definition) is 1. The van der Waals surface area contributed by atoms with Gasteiger partial charge in [0.2, 0.25) is 0 Å². The summed E-state index contributed by atoms with van der Waals surface area (Å²) in [6, 6.07) is 10.2. The van der Waals surface area contributed by atoms with E-state index in [-0.39, 0.29) is 5.60 Å². The van der Waals surface area contributed by atoms with Gasteiger partial charge in [0.05, 0.1) is 5.76 Å². The van der Waals surface area contributed by atoms with E-state index in [1.54, 1.807) is 0 Å². The van der Waals surface area contributed by atoms with Crippen LogP contribution >= 0.6 is 0 Å². The molecule has 0 amide bonds. The van der Waals surface area contributed by atoms with E-state index in [4.69, 9.17) is 4.74 Å². The quantitative estimate of drug-likeness (QED) is 0.643. The van der Waals surface area contributed by atoms with E-state index in [2.05, 4.69) is 32.9 Å². The van der Waals surface area contributed by atoms with Gasteiger partial charge in [0.25, 0.3) is 0 Å². The van der Waals surface area contributed by atoms with Gasteiger partial charge in [-0.2, -0.15) is 0 Å². The third-order valence-electron chi connectivity index (χ3n) is 1.64. The number of hydrogen-bond donors (Lipinski definition) is 0. The van der Waals surface area contributed by atoms with Crippen molar-refractivity contribution in [1.82, 2.24) is 0 Å². The number of ether oxygens (including phenoxy) is 1. The van der Waals surface area contributed by atoms with Crippen LogP contribution in [0.25, 0.3) is 6.08 Å². The molecule has 0 radical (unpaired) electrons. The molecule has 0 unspecified atom stereocenters. The SMILES string of the molecule is CC(=Cc1ccccc1)OC(C)(C)C. The molecule has 76 valence electrons. The Morgan fingerprint density at radius 1 is 1.14 bits per heavy atom. The van der Waals surface area contributed by atoms with Gasteiger partial charge in [-0.05, 0) is 39.3 Å². The minimum Gasteiger partial charge on any atom is -0.493 e. The summed E-state index contributed by atoms with van der Waals surface area (Å²) in [4.78, 5) is 0. The summed E-state index contributed by atoms with van der Waals surface area (Å²) in [5.74, 6) is 0.948. The van der Waals surface area contributed by atoms with Crippen LogP contribution < -0.4 is 0 Å². The zero-order valence-electron chi connectivity index (χ0n) is 9.37. The molecule has 0 fully saturated rings. The zero-order valence-corrected chi connectivity index (χ0v) is 9.37. The molecule has 1 rings (SSSR count). The number of benzene rings is 1. The molecule has 1 aromatic carbocycles. The van der Waals surface area contributed by atoms with Crippen LogP contribution in [0.5, 0.6) is 0 Å². The third kappa shape index (κ3) is 4.13. The molecule has 0 aliphatic heterocycles. The van der Waals surface area contributed by atoms with Crippen molar-refractivity contribution >= 4 is 6.08 Å². The van der Waals surface area contributed by atoms with Crippen molar-refractivity contribution in [3.05, 3.63) is 41.7 Å². The fourth-order valence-corrected chi connectivity index (χ4v) is 1.30. The predicted octanol–water partition coefficient (Wildman–Crippen LogP) is 3.86. The molecule has 0 aliphatic rings. The lowest BCUT2D eigenvalue weighted by Crippen LogP contribution is -2.17. The first-order valence-corrected chi connectivity index (χ1v) is 4.90. The predicted molar refractivity (Wildman–Crippen MR) is 60.9 cm³/mol. The highest BCUT2D eigenvalue weighted by molar-refractivity contribution is 5.50. The molecule has 14 heavy (non-hydrogen) atoms. The van der Waals surface area contributed by atoms with Gasteiger partial charge in [-0.25, -0.2) is 0 Å². The summed E-state index contributed by atoms with van der Waals surface area (Å²) in [7, 11) is 0. The Hall–Kier alpha value is -1.24. The molecule has 0 atom stereocenters. The van der Waals surface area contributed by atoms with E-state index >= 15 is 0 Å². The molecule has 0 saturated heterocycles. The molecule has 0 aliphatic carbocycles. The molecule has 0 N–H and O–H groups in total. The Morgan fingerprint density at radius 2 is 1.71 bits per heavy atom. The molecule has 0 spiro atoms. The second kappa shape index (κ2) is 4.32. The summed E-state index contributed by atoms with van der Waals surface area (Å²) >= 11 is 0. The second-order valence-electron chi connectivity index (χ2n) is 4.38. The second-order valence-corrected chi connectivity index (χ2v) is 4.38. The number of rotatable bonds is 2. The Labute approximate surface area is 86.4 Å². The maximum atomic E-state index is 5.70. The minimum absolute atomic E-state index is 0.116. The molecular weight excluding hydrogens is 172 g/mol. The van der Waals surface area contributed by atoms with Crippen LogP contribution in [0.15, 0.2) is 36.1 Å². The van der Waals surface area contributed by atoms with E-state index in [1.165, 1.54) is 5.56 Å². The average Bonchev–Trinajstić information content (AvgIpc) is 2.02. The van der Waals surface area contributed by atoms with E-state index in [0.717, 1.165) is 5.76 Å². The highest BCUT2D eigenvalue weighted by atomic mass is 16.5. The first-order chi connectivity index (χ1) is 6.47. The summed E-state index contributed by atoms with van der Waals surface area (Å²) in [6.07, 6.45) is 2.05. The maximum Gasteiger partial charge on any atom is 0.100 e. The van der Waals surface area contributed by atoms with Gasteiger partial charge in [0.15, 0.2) is 0 Å². The Bertz CT molecular complexity index is 304. The third-order valence-corrected chi connectivity index (χ3v) is 1.64. The molecule has 1 heteroatoms. The van der Waals surface area contributed by atoms with Gasteiger partial charge < -0.3 is 4.74 Å². The Morgan fingerprint density at radius 3 is 2.21 bits per heavy atom. The maximum absolute atomic E-state index is 5.70. The molecule has 1 nitrogen and oxygen atoms in total. The van der Waals surface area contributed by atoms with Crippen LogP contribution in [0.4, 0.5) is 0 Å². The minimum atomic E-state index is -0.116. The summed E-state index contributed by atoms with van der Waals surface area (Å²) in [5.41, 5.74) is 1.06. The smallest absolute Gasteiger partial charge is 0.100 e. The van der Waals surface area contributed by atoms with E-state index in [9.17, 15) is 0 Å². The van der Waals surface area contributed by atoms with Crippen LogP contribution in [0.3, 0.4) is 0 Å². The van der Waals surface area contributed by atoms with Gasteiger partial charge in [0.1, 0.15) is 5.60 Å². The van der Waals surface area contributed by atoms with Crippen molar-refractivity contribution in [2.45, 2.75) is 33.3 Å². The standard InChI is InChI=1S/C13H18O/c1-11(14-13(2,3)4)10-12-8-6-5-7-9-12/h5-10H,1-4H3. The van der Waals surface area contributed by atoms with Crippen LogP contribution in [0.2, 0.25) is 0 Å². The molecule has 0 saturated carbocycles. The zero-order chi connectivity index (χ0) is 10.6. The largest absolute Gasteiger partial charge is 0.493 e. The van der Waals surface area contributed by atoms with E-state index in [1.807, 2.05) is 31.2 Å². The summed E-state index contributed by atoms with van der Waals surface area (Å²) in [6.45, 7) is 8.14. The van der Waals surface area contributed by atoms with Gasteiger partial charge in [-0.3, -0.25) is 0 Å². The normalized spacial score (nSPS) is 12.7. The summed E-state index contributed by atoms with van der Waals surface area (Å²) < 4.78 is 5.70. The average molecular weight is 190 g/mol. The van der Waals surface area contributed by atoms with E-state index < -0.39 is 0 Å². The van der Waals surface area contributed by atoms with Crippen LogP contribution in [-0.2, 0) is 4.74 Å². The van der Waals surface area contributed by atoms with Gasteiger partial charge >= 0.3 is 0 Å². The molecule has 0 heterocycles. The van der Waals surface area contributed by atoms with Gasteiger partial charge in [-0.1, -0.05) is 30.3 Å². The first kappa shape index (κ1) is 10.8. The van der Waals surface area contributed by atoms with Crippen LogP contribution in [0, 0.1) is 0 Å². The fraction of sp³-hybridized carbons (Fsp3) is 0.385. The molecule has 1 aromatic rings. The topological polar surface area (TPSA) is 9.23 Å². The Kier molecular flexibility index (Phi) is 3.34. The van der Waals surface area contributed by atoms with Crippen molar-refractivity contribution in [3.63, 3.8) is 0 Å². The van der Waals surface area contributed by atoms with Gasteiger partial charge in [0, 0.05) is 0 Å². The fourth-order valence-electron chi connectivity index (χ4n) is 1.30. The molecular formula is C13H18O. The molecule has 0 aromatic heterocycles. The highest BCUT2D eigenvalue weighted by Gasteiger charge is 2.10. The first-order valence-electron chi connectivity index (χ1n) is 4.90. The lowest BCUT2D eigenvalue weighted by molar-refractivity contribution is 0.0555. The van der Waals surface area contributed by atoms with Crippen LogP contribution in [-0.4, -0.2) is 5.60 Å². The lowest BCUT2D eigenvalue weighted by atomic mass is 10.2. The van der Waals surface area contributed by atoms with Crippen molar-refractivity contribution in [1.29, 1.82) is 0 Å². The monoisotopic (exact) mass is 190 g/mol. The van der Waals surface area contributed by atoms with Crippen molar-refractivity contribution in [2.75, 3.05) is 0 Å². The molecule has 0 bridgehead atoms. The summed E-state index contributed by atoms with van der Waals surface area (Å²) in [5, 5.41) is 0. The highest BCUT2D eigenvalue weighted by Crippen LogP contribution is 2.15. The van der Waals surface area contributed by atoms with Crippen molar-refractivity contribution < 1.29 is 4.74 Å². The van der Waals surface area contributed by atoms with Crippen LogP contribution in [0.1, 0.15) is 33.3 Å². The van der Waals surface area contributed by atoms with Crippen molar-refractivity contribution in [3.8, 4) is 0 Å². The number of allylic oxidation sites excluding steroid dienone is 1. The Balaban J connectivity index is 2.70. The van der Waals surface area contributed by atoms with E-state index in [0.29, 0.717) is 0 Å². The lowest BCUT2D eigenvalue weighted by Gasteiger charge is -2.21. The van der Waals surface area contributed by atoms with Gasteiger partial charge in [-0.15, -0.1) is 0 Å².